The fraction of sp³-hybridized carbons (Fsp3) is 0.0769. The number of aromatic nitrogens is 1. The van der Waals surface area contributed by atoms with Crippen LogP contribution in [0.25, 0.3) is 10.9 Å². The molecule has 3 aromatic carbocycles. The van der Waals surface area contributed by atoms with E-state index < -0.39 is 0 Å². The number of para-hydroxylation sites is 1. The first-order valence-electron chi connectivity index (χ1n) is 10.2. The van der Waals surface area contributed by atoms with E-state index in [4.69, 9.17) is 0 Å². The van der Waals surface area contributed by atoms with E-state index in [0.717, 1.165) is 16.6 Å². The summed E-state index contributed by atoms with van der Waals surface area (Å²) in [5.41, 5.74) is 4.16. The molecule has 32 heavy (non-hydrogen) atoms. The molecule has 0 atom stereocenters. The standard InChI is InChI=1S/C26H19N3O3/c1-16-12-13-18-7-5-11-22(23(18)27-16)28-24(30)19-8-4-6-17(14-19)15-29-25(31)20-9-2-3-10-21(20)26(29)32/h2-14H,15H2,1H3,(H,28,30). The highest BCUT2D eigenvalue weighted by molar-refractivity contribution is 6.21. The molecule has 0 aliphatic carbocycles. The molecule has 3 amide bonds. The Morgan fingerprint density at radius 1 is 0.875 bits per heavy atom. The fourth-order valence-electron chi connectivity index (χ4n) is 3.92. The van der Waals surface area contributed by atoms with Crippen molar-refractivity contribution < 1.29 is 14.4 Å². The second-order valence-corrected chi connectivity index (χ2v) is 7.73. The van der Waals surface area contributed by atoms with E-state index in [2.05, 4.69) is 10.3 Å². The molecular formula is C26H19N3O3. The van der Waals surface area contributed by atoms with Gasteiger partial charge in [0.05, 0.1) is 28.9 Å². The molecule has 6 nitrogen and oxygen atoms in total. The molecule has 0 saturated heterocycles. The molecule has 1 aliphatic rings. The molecule has 1 aromatic heterocycles. The molecule has 5 rings (SSSR count). The highest BCUT2D eigenvalue weighted by Gasteiger charge is 2.35. The number of amides is 3. The number of carbonyl (C=O) groups excluding carboxylic acids is 3. The second kappa shape index (κ2) is 7.74. The van der Waals surface area contributed by atoms with Gasteiger partial charge in [0.1, 0.15) is 0 Å². The number of carbonyl (C=O) groups is 3. The van der Waals surface area contributed by atoms with Crippen LogP contribution in [0.2, 0.25) is 0 Å². The molecule has 0 saturated carbocycles. The summed E-state index contributed by atoms with van der Waals surface area (Å²) in [6, 6.07) is 23.2. The Labute approximate surface area is 184 Å². The van der Waals surface area contributed by atoms with Crippen LogP contribution in [0.5, 0.6) is 0 Å². The molecule has 1 N–H and O–H groups in total. The van der Waals surface area contributed by atoms with Gasteiger partial charge in [-0.2, -0.15) is 0 Å². The topological polar surface area (TPSA) is 79.4 Å². The van der Waals surface area contributed by atoms with Gasteiger partial charge in [0.15, 0.2) is 0 Å². The minimum absolute atomic E-state index is 0.0997. The van der Waals surface area contributed by atoms with Gasteiger partial charge in [-0.15, -0.1) is 0 Å². The first kappa shape index (κ1) is 19.6. The summed E-state index contributed by atoms with van der Waals surface area (Å²) in [6.45, 7) is 2.00. The van der Waals surface area contributed by atoms with E-state index >= 15 is 0 Å². The van der Waals surface area contributed by atoms with Crippen LogP contribution < -0.4 is 5.32 Å². The van der Waals surface area contributed by atoms with Crippen LogP contribution in [-0.4, -0.2) is 27.6 Å². The maximum atomic E-state index is 13.0. The Hall–Kier alpha value is -4.32. The normalized spacial score (nSPS) is 12.8. The minimum Gasteiger partial charge on any atom is -0.320 e. The SMILES string of the molecule is Cc1ccc2cccc(NC(=O)c3cccc(CN4C(=O)c5ccccc5C4=O)c3)c2n1. The molecule has 0 unspecified atom stereocenters. The third kappa shape index (κ3) is 3.41. The van der Waals surface area contributed by atoms with Gasteiger partial charge in [-0.1, -0.05) is 42.5 Å². The van der Waals surface area contributed by atoms with Gasteiger partial charge in [-0.05, 0) is 48.9 Å². The number of aryl methyl sites for hydroxylation is 1. The Kier molecular flexibility index (Phi) is 4.75. The summed E-state index contributed by atoms with van der Waals surface area (Å²) in [5.74, 6) is -0.930. The van der Waals surface area contributed by atoms with Gasteiger partial charge >= 0.3 is 0 Å². The molecule has 156 valence electrons. The lowest BCUT2D eigenvalue weighted by Crippen LogP contribution is -2.29. The smallest absolute Gasteiger partial charge is 0.261 e. The van der Waals surface area contributed by atoms with Gasteiger partial charge < -0.3 is 5.32 Å². The van der Waals surface area contributed by atoms with Crippen LogP contribution in [0.4, 0.5) is 5.69 Å². The van der Waals surface area contributed by atoms with Crippen LogP contribution in [0.15, 0.2) is 78.9 Å². The zero-order valence-electron chi connectivity index (χ0n) is 17.3. The zero-order chi connectivity index (χ0) is 22.2. The first-order valence-corrected chi connectivity index (χ1v) is 10.2. The fourth-order valence-corrected chi connectivity index (χ4v) is 3.92. The number of hydrogen-bond donors (Lipinski definition) is 1. The van der Waals surface area contributed by atoms with Crippen molar-refractivity contribution in [2.24, 2.45) is 0 Å². The van der Waals surface area contributed by atoms with Gasteiger partial charge in [-0.3, -0.25) is 24.3 Å². The summed E-state index contributed by atoms with van der Waals surface area (Å²) in [7, 11) is 0. The average Bonchev–Trinajstić information content (AvgIpc) is 3.05. The van der Waals surface area contributed by atoms with E-state index in [1.807, 2.05) is 37.3 Å². The molecule has 0 fully saturated rings. The molecule has 0 bridgehead atoms. The number of fused-ring (bicyclic) bond motifs is 2. The van der Waals surface area contributed by atoms with Gasteiger partial charge in [0.2, 0.25) is 0 Å². The number of pyridine rings is 1. The maximum Gasteiger partial charge on any atom is 0.261 e. The lowest BCUT2D eigenvalue weighted by Gasteiger charge is -2.15. The molecule has 2 heterocycles. The molecule has 0 radical (unpaired) electrons. The van der Waals surface area contributed by atoms with Crippen molar-refractivity contribution in [3.63, 3.8) is 0 Å². The highest BCUT2D eigenvalue weighted by Crippen LogP contribution is 2.25. The predicted octanol–water partition coefficient (Wildman–Crippen LogP) is 4.59. The van der Waals surface area contributed by atoms with Crippen molar-refractivity contribution in [1.29, 1.82) is 0 Å². The Morgan fingerprint density at radius 2 is 1.59 bits per heavy atom. The first-order chi connectivity index (χ1) is 15.5. The lowest BCUT2D eigenvalue weighted by molar-refractivity contribution is 0.0642. The highest BCUT2D eigenvalue weighted by atomic mass is 16.2. The van der Waals surface area contributed by atoms with E-state index in [0.29, 0.717) is 27.9 Å². The van der Waals surface area contributed by atoms with E-state index in [1.54, 1.807) is 48.5 Å². The number of imide groups is 1. The van der Waals surface area contributed by atoms with Crippen molar-refractivity contribution >= 4 is 34.3 Å². The number of benzene rings is 3. The maximum absolute atomic E-state index is 13.0. The van der Waals surface area contributed by atoms with Crippen LogP contribution >= 0.6 is 0 Å². The number of nitrogens with one attached hydrogen (secondary N) is 1. The number of hydrogen-bond acceptors (Lipinski definition) is 4. The summed E-state index contributed by atoms with van der Waals surface area (Å²) >= 11 is 0. The Balaban J connectivity index is 1.38. The van der Waals surface area contributed by atoms with Gasteiger partial charge in [0.25, 0.3) is 17.7 Å². The lowest BCUT2D eigenvalue weighted by atomic mass is 10.1. The number of nitrogens with zero attached hydrogens (tertiary/aromatic N) is 2. The van der Waals surface area contributed by atoms with Gasteiger partial charge in [-0.25, -0.2) is 0 Å². The van der Waals surface area contributed by atoms with Gasteiger partial charge in [0, 0.05) is 16.6 Å². The van der Waals surface area contributed by atoms with Crippen molar-refractivity contribution in [2.45, 2.75) is 13.5 Å². The largest absolute Gasteiger partial charge is 0.320 e. The summed E-state index contributed by atoms with van der Waals surface area (Å²) in [5, 5.41) is 3.87. The average molecular weight is 421 g/mol. The van der Waals surface area contributed by atoms with Crippen LogP contribution in [0.1, 0.15) is 42.3 Å². The third-order valence-electron chi connectivity index (χ3n) is 5.52. The second-order valence-electron chi connectivity index (χ2n) is 7.73. The Morgan fingerprint density at radius 3 is 2.34 bits per heavy atom. The molecule has 4 aromatic rings. The zero-order valence-corrected chi connectivity index (χ0v) is 17.3. The molecule has 6 heteroatoms. The summed E-state index contributed by atoms with van der Waals surface area (Å²) in [4.78, 5) is 44.0. The van der Waals surface area contributed by atoms with E-state index in [-0.39, 0.29) is 24.3 Å². The third-order valence-corrected chi connectivity index (χ3v) is 5.52. The Bertz CT molecular complexity index is 1380. The van der Waals surface area contributed by atoms with Crippen molar-refractivity contribution in [3.8, 4) is 0 Å². The van der Waals surface area contributed by atoms with E-state index in [1.165, 1.54) is 4.90 Å². The minimum atomic E-state index is -0.322. The number of rotatable bonds is 4. The molecular weight excluding hydrogens is 402 g/mol. The van der Waals surface area contributed by atoms with Crippen molar-refractivity contribution in [2.75, 3.05) is 5.32 Å². The van der Waals surface area contributed by atoms with Crippen LogP contribution in [-0.2, 0) is 6.54 Å². The summed E-state index contributed by atoms with van der Waals surface area (Å²) < 4.78 is 0. The number of anilines is 1. The van der Waals surface area contributed by atoms with Crippen LogP contribution in [0.3, 0.4) is 0 Å². The van der Waals surface area contributed by atoms with Crippen molar-refractivity contribution in [3.05, 3.63) is 107 Å². The van der Waals surface area contributed by atoms with Crippen molar-refractivity contribution in [1.82, 2.24) is 9.88 Å². The monoisotopic (exact) mass is 421 g/mol. The summed E-state index contributed by atoms with van der Waals surface area (Å²) in [6.07, 6.45) is 0. The van der Waals surface area contributed by atoms with Crippen LogP contribution in [0, 0.1) is 6.92 Å². The molecule has 0 spiro atoms. The van der Waals surface area contributed by atoms with E-state index in [9.17, 15) is 14.4 Å². The molecule has 1 aliphatic heterocycles. The predicted molar refractivity (Wildman–Crippen MR) is 122 cm³/mol. The quantitative estimate of drug-likeness (QED) is 0.489.